The number of amides is 1. The Morgan fingerprint density at radius 2 is 1.98 bits per heavy atom. The van der Waals surface area contributed by atoms with Crippen LogP contribution in [0.2, 0.25) is 5.02 Å². The van der Waals surface area contributed by atoms with Crippen LogP contribution in [0.4, 0.5) is 4.39 Å². The molecular weight excluding hydrogens is 585 g/mol. The smallest absolute Gasteiger partial charge is 0.257 e. The zero-order valence-corrected chi connectivity index (χ0v) is 24.9. The van der Waals surface area contributed by atoms with Gasteiger partial charge in [-0.15, -0.1) is 0 Å². The van der Waals surface area contributed by atoms with Crippen LogP contribution in [-0.2, 0) is 34.4 Å². The second-order valence-electron chi connectivity index (χ2n) is 11.2. The first-order valence-electron chi connectivity index (χ1n) is 14.3. The molecule has 224 valence electrons. The number of benzene rings is 2. The Morgan fingerprint density at radius 1 is 1.20 bits per heavy atom. The zero-order valence-electron chi connectivity index (χ0n) is 24.1. The first-order valence-corrected chi connectivity index (χ1v) is 14.7. The minimum absolute atomic E-state index is 0.00993. The Morgan fingerprint density at radius 3 is 2.57 bits per heavy atom. The van der Waals surface area contributed by atoms with Crippen LogP contribution in [0.25, 0.3) is 0 Å². The molecule has 0 unspecified atom stereocenters. The number of rotatable bonds is 8. The normalized spacial score (nSPS) is 20.9. The number of carbonyl (C=O) groups is 2. The fourth-order valence-electron chi connectivity index (χ4n) is 6.17. The van der Waals surface area contributed by atoms with Gasteiger partial charge in [-0.3, -0.25) is 24.2 Å². The second-order valence-corrected chi connectivity index (χ2v) is 11.6. The number of aliphatic hydroxyl groups is 1. The number of aryl methyl sites for hydroxylation is 1. The van der Waals surface area contributed by atoms with Crippen molar-refractivity contribution in [3.63, 3.8) is 0 Å². The number of Topliss-reactive ketones (excluding diaryl/α,β-unsaturated/α-hetero) is 1. The van der Waals surface area contributed by atoms with Crippen LogP contribution >= 0.6 is 11.6 Å². The molecule has 9 nitrogen and oxygen atoms in total. The fourth-order valence-corrected chi connectivity index (χ4v) is 6.29. The molecular formula is C33H29ClFN5O4. The monoisotopic (exact) mass is 613 g/mol. The Bertz CT molecular complexity index is 1800. The lowest BCUT2D eigenvalue weighted by molar-refractivity contribution is -0.149. The van der Waals surface area contributed by atoms with Gasteiger partial charge in [0.05, 0.1) is 40.7 Å². The van der Waals surface area contributed by atoms with Crippen molar-refractivity contribution in [3.8, 4) is 6.07 Å². The summed E-state index contributed by atoms with van der Waals surface area (Å²) >= 11 is 6.24. The van der Waals surface area contributed by atoms with Crippen LogP contribution in [-0.4, -0.2) is 42.6 Å². The Labute approximate surface area is 258 Å². The van der Waals surface area contributed by atoms with Crippen LogP contribution in [0, 0.1) is 17.1 Å². The third-order valence-electron chi connectivity index (χ3n) is 8.46. The van der Waals surface area contributed by atoms with Gasteiger partial charge in [0, 0.05) is 42.9 Å². The Hall–Kier alpha value is -4.43. The van der Waals surface area contributed by atoms with Gasteiger partial charge >= 0.3 is 0 Å². The first kappa shape index (κ1) is 29.6. The predicted octanol–water partition coefficient (Wildman–Crippen LogP) is 5.12. The summed E-state index contributed by atoms with van der Waals surface area (Å²) in [6.45, 7) is 1.65. The summed E-state index contributed by atoms with van der Waals surface area (Å²) in [6, 6.07) is 16.2. The lowest BCUT2D eigenvalue weighted by atomic mass is 9.84. The average molecular weight is 614 g/mol. The SMILES string of the molecule is CC[C@](O)(c1cc(F)c2c(c1)C(=O)N(Cc1ccc(C#N)cn1)[C@]2(O[C@H]1CCC(=O)C1)c1ccc(Cl)cc1)c1ccn(C)n1. The largest absolute Gasteiger partial charge is 0.379 e. The molecule has 3 atom stereocenters. The molecule has 0 spiro atoms. The van der Waals surface area contributed by atoms with Gasteiger partial charge < -0.3 is 9.84 Å². The van der Waals surface area contributed by atoms with Crippen molar-refractivity contribution in [1.82, 2.24) is 19.7 Å². The summed E-state index contributed by atoms with van der Waals surface area (Å²) in [5, 5.41) is 25.9. The molecule has 6 rings (SSSR count). The Balaban J connectivity index is 1.58. The summed E-state index contributed by atoms with van der Waals surface area (Å²) in [4.78, 5) is 32.6. The molecule has 2 aliphatic rings. The number of carbonyl (C=O) groups excluding carboxylic acids is 2. The topological polar surface area (TPSA) is 121 Å². The number of aromatic nitrogens is 3. The average Bonchev–Trinajstić information content (AvgIpc) is 3.71. The van der Waals surface area contributed by atoms with Crippen LogP contribution in [0.15, 0.2) is 67.0 Å². The van der Waals surface area contributed by atoms with Crippen molar-refractivity contribution in [3.05, 3.63) is 117 Å². The predicted molar refractivity (Wildman–Crippen MR) is 158 cm³/mol. The number of halogens is 2. The second kappa shape index (κ2) is 11.2. The summed E-state index contributed by atoms with van der Waals surface area (Å²) in [5.41, 5.74) is -1.78. The van der Waals surface area contributed by atoms with Gasteiger partial charge in [-0.1, -0.05) is 30.7 Å². The quantitative estimate of drug-likeness (QED) is 0.293. The molecule has 3 heterocycles. The number of ketones is 1. The molecule has 1 fully saturated rings. The van der Waals surface area contributed by atoms with Gasteiger partial charge in [0.15, 0.2) is 0 Å². The van der Waals surface area contributed by atoms with E-state index in [1.165, 1.54) is 23.2 Å². The highest BCUT2D eigenvalue weighted by molar-refractivity contribution is 6.30. The molecule has 1 N–H and O–H groups in total. The fraction of sp³-hybridized carbons (Fsp3) is 0.303. The van der Waals surface area contributed by atoms with Gasteiger partial charge in [-0.25, -0.2) is 4.39 Å². The number of hydrogen-bond acceptors (Lipinski definition) is 7. The van der Waals surface area contributed by atoms with Crippen molar-refractivity contribution in [2.75, 3.05) is 0 Å². The number of fused-ring (bicyclic) bond motifs is 1. The van der Waals surface area contributed by atoms with Gasteiger partial charge in [0.1, 0.15) is 23.3 Å². The van der Waals surface area contributed by atoms with E-state index in [0.717, 1.165) is 0 Å². The van der Waals surface area contributed by atoms with E-state index in [1.807, 2.05) is 6.07 Å². The molecule has 1 saturated carbocycles. The van der Waals surface area contributed by atoms with E-state index >= 15 is 4.39 Å². The number of nitriles is 1. The molecule has 1 amide bonds. The number of ether oxygens (including phenoxy) is 1. The van der Waals surface area contributed by atoms with Gasteiger partial charge in [0.25, 0.3) is 5.91 Å². The number of hydrogen-bond donors (Lipinski definition) is 1. The van der Waals surface area contributed by atoms with Gasteiger partial charge in [-0.2, -0.15) is 10.4 Å². The van der Waals surface area contributed by atoms with E-state index in [1.54, 1.807) is 67.3 Å². The maximum atomic E-state index is 16.8. The van der Waals surface area contributed by atoms with Crippen LogP contribution in [0.3, 0.4) is 0 Å². The van der Waals surface area contributed by atoms with Gasteiger partial charge in [-0.05, 0) is 60.9 Å². The molecule has 1 aliphatic carbocycles. The van der Waals surface area contributed by atoms with Crippen molar-refractivity contribution in [2.24, 2.45) is 7.05 Å². The molecule has 0 radical (unpaired) electrons. The molecule has 2 aromatic carbocycles. The maximum Gasteiger partial charge on any atom is 0.257 e. The first-order chi connectivity index (χ1) is 21.1. The van der Waals surface area contributed by atoms with Crippen molar-refractivity contribution < 1.29 is 23.8 Å². The molecule has 0 saturated heterocycles. The standard InChI is InChI=1S/C33H29ClFN5O4/c1-3-32(43,29-12-13-39(2)38-29)22-14-27-30(28(35)15-22)33(21-5-7-23(34)8-6-21,44-26-11-10-25(41)16-26)40(31(27)42)19-24-9-4-20(17-36)18-37-24/h4-9,12-15,18,26,43H,3,10-11,16,19H2,1-2H3/t26-,32-,33-/m0/s1. The molecule has 0 bridgehead atoms. The summed E-state index contributed by atoms with van der Waals surface area (Å²) in [7, 11) is 1.72. The molecule has 11 heteroatoms. The van der Waals surface area contributed by atoms with E-state index in [-0.39, 0.29) is 41.9 Å². The highest BCUT2D eigenvalue weighted by Crippen LogP contribution is 2.50. The van der Waals surface area contributed by atoms with Crippen LogP contribution in [0.1, 0.15) is 76.6 Å². The van der Waals surface area contributed by atoms with Crippen molar-refractivity contribution in [2.45, 2.75) is 56.6 Å². The van der Waals surface area contributed by atoms with E-state index in [9.17, 15) is 20.0 Å². The lowest BCUT2D eigenvalue weighted by Crippen LogP contribution is -2.48. The van der Waals surface area contributed by atoms with Crippen molar-refractivity contribution in [1.29, 1.82) is 5.26 Å². The number of nitrogens with zero attached hydrogens (tertiary/aromatic N) is 5. The maximum absolute atomic E-state index is 16.8. The molecule has 4 aromatic rings. The van der Waals surface area contributed by atoms with Crippen molar-refractivity contribution >= 4 is 23.3 Å². The lowest BCUT2D eigenvalue weighted by Gasteiger charge is -2.41. The van der Waals surface area contributed by atoms with E-state index in [0.29, 0.717) is 40.4 Å². The molecule has 44 heavy (non-hydrogen) atoms. The minimum atomic E-state index is -1.79. The highest BCUT2D eigenvalue weighted by atomic mass is 35.5. The number of pyridine rings is 1. The Kier molecular flexibility index (Phi) is 7.58. The third-order valence-corrected chi connectivity index (χ3v) is 8.71. The van der Waals surface area contributed by atoms with E-state index in [4.69, 9.17) is 16.3 Å². The zero-order chi connectivity index (χ0) is 31.2. The van der Waals surface area contributed by atoms with E-state index in [2.05, 4.69) is 10.1 Å². The third kappa shape index (κ3) is 4.87. The minimum Gasteiger partial charge on any atom is -0.379 e. The van der Waals surface area contributed by atoms with Crippen LogP contribution < -0.4 is 0 Å². The van der Waals surface area contributed by atoms with Crippen LogP contribution in [0.5, 0.6) is 0 Å². The van der Waals surface area contributed by atoms with E-state index < -0.39 is 29.2 Å². The summed E-state index contributed by atoms with van der Waals surface area (Å²) in [6.07, 6.45) is 3.50. The summed E-state index contributed by atoms with van der Waals surface area (Å²) in [5.74, 6) is -1.29. The molecule has 1 aliphatic heterocycles. The molecule has 2 aromatic heterocycles. The highest BCUT2D eigenvalue weighted by Gasteiger charge is 2.56. The van der Waals surface area contributed by atoms with Gasteiger partial charge in [0.2, 0.25) is 5.72 Å². The summed E-state index contributed by atoms with van der Waals surface area (Å²) < 4.78 is 25.1.